The first kappa shape index (κ1) is 26.6. The van der Waals surface area contributed by atoms with Gasteiger partial charge in [0.05, 0.1) is 19.9 Å². The van der Waals surface area contributed by atoms with Gasteiger partial charge in [-0.1, -0.05) is 6.07 Å². The van der Waals surface area contributed by atoms with Crippen LogP contribution < -0.4 is 25.4 Å². The maximum Gasteiger partial charge on any atom is 0.287 e. The molecule has 172 valence electrons. The Morgan fingerprint density at radius 1 is 1.16 bits per heavy atom. The Hall–Kier alpha value is -2.43. The molecule has 1 aromatic carbocycles. The van der Waals surface area contributed by atoms with Crippen molar-refractivity contribution in [1.82, 2.24) is 16.0 Å². The van der Waals surface area contributed by atoms with Crippen molar-refractivity contribution in [2.75, 3.05) is 33.3 Å². The third-order valence-corrected chi connectivity index (χ3v) is 4.23. The molecule has 3 N–H and O–H groups in total. The molecule has 9 heteroatoms. The number of benzene rings is 1. The van der Waals surface area contributed by atoms with Crippen LogP contribution in [0.3, 0.4) is 0 Å². The number of halogens is 1. The zero-order valence-corrected chi connectivity index (χ0v) is 20.9. The maximum atomic E-state index is 12.0. The van der Waals surface area contributed by atoms with Crippen LogP contribution in [0, 0.1) is 6.92 Å². The molecule has 0 spiro atoms. The third kappa shape index (κ3) is 9.50. The zero-order chi connectivity index (χ0) is 21.8. The third-order valence-electron chi connectivity index (χ3n) is 4.23. The van der Waals surface area contributed by atoms with Crippen LogP contribution >= 0.6 is 24.0 Å². The summed E-state index contributed by atoms with van der Waals surface area (Å²) in [6, 6.07) is 9.28. The topological polar surface area (TPSA) is 97.1 Å². The summed E-state index contributed by atoms with van der Waals surface area (Å²) in [7, 11) is 1.63. The second-order valence-corrected chi connectivity index (χ2v) is 6.80. The fourth-order valence-corrected chi connectivity index (χ4v) is 2.69. The fraction of sp³-hybridized carbons (Fsp3) is 0.455. The van der Waals surface area contributed by atoms with Crippen molar-refractivity contribution >= 4 is 35.8 Å². The number of furan rings is 1. The second-order valence-electron chi connectivity index (χ2n) is 6.80. The van der Waals surface area contributed by atoms with E-state index in [1.807, 2.05) is 45.0 Å². The smallest absolute Gasteiger partial charge is 0.287 e. The molecule has 0 aliphatic rings. The van der Waals surface area contributed by atoms with Gasteiger partial charge in [-0.05, 0) is 45.4 Å². The average molecular weight is 544 g/mol. The van der Waals surface area contributed by atoms with E-state index in [-0.39, 0.29) is 36.0 Å². The number of methoxy groups -OCH3 is 1. The minimum atomic E-state index is -0.193. The van der Waals surface area contributed by atoms with Gasteiger partial charge in [0.2, 0.25) is 0 Å². The minimum absolute atomic E-state index is 0. The number of rotatable bonds is 11. The van der Waals surface area contributed by atoms with Crippen LogP contribution in [-0.2, 0) is 0 Å². The molecular formula is C22H33IN4O4. The molecule has 1 heterocycles. The molecule has 0 radical (unpaired) electrons. The van der Waals surface area contributed by atoms with Crippen molar-refractivity contribution in [3.63, 3.8) is 0 Å². The van der Waals surface area contributed by atoms with E-state index in [1.165, 1.54) is 6.26 Å². The molecular weight excluding hydrogens is 511 g/mol. The van der Waals surface area contributed by atoms with E-state index in [0.717, 1.165) is 30.0 Å². The summed E-state index contributed by atoms with van der Waals surface area (Å²) in [4.78, 5) is 16.6. The number of aryl methyl sites for hydroxylation is 1. The summed E-state index contributed by atoms with van der Waals surface area (Å²) in [6.45, 7) is 8.30. The van der Waals surface area contributed by atoms with Crippen LogP contribution in [0.5, 0.6) is 11.5 Å². The molecule has 1 unspecified atom stereocenters. The summed E-state index contributed by atoms with van der Waals surface area (Å²) < 4.78 is 16.3. The first-order valence-electron chi connectivity index (χ1n) is 10.2. The van der Waals surface area contributed by atoms with E-state index >= 15 is 0 Å². The van der Waals surface area contributed by atoms with Gasteiger partial charge < -0.3 is 29.8 Å². The van der Waals surface area contributed by atoms with Crippen molar-refractivity contribution < 1.29 is 18.7 Å². The molecule has 0 saturated carbocycles. The van der Waals surface area contributed by atoms with Crippen LogP contribution in [0.4, 0.5) is 0 Å². The molecule has 2 rings (SSSR count). The predicted molar refractivity (Wildman–Crippen MR) is 133 cm³/mol. The number of carbonyl (C=O) groups is 1. The normalized spacial score (nSPS) is 11.8. The molecule has 31 heavy (non-hydrogen) atoms. The second kappa shape index (κ2) is 14.6. The Labute approximate surface area is 201 Å². The number of amides is 1. The van der Waals surface area contributed by atoms with Gasteiger partial charge >= 0.3 is 0 Å². The molecule has 0 bridgehead atoms. The van der Waals surface area contributed by atoms with E-state index < -0.39 is 0 Å². The standard InChI is InChI=1S/C22H32N4O4.HI/c1-5-23-22(25-12-7-11-24-21(27)20-16(2)10-13-29-20)26-15-17(3)30-19-9-6-8-18(14-19)28-4;/h6,8-10,13-14,17H,5,7,11-12,15H2,1-4H3,(H,24,27)(H2,23,25,26);1H. The van der Waals surface area contributed by atoms with E-state index in [9.17, 15) is 4.79 Å². The Bertz CT molecular complexity index is 825. The number of ether oxygens (including phenoxy) is 2. The van der Waals surface area contributed by atoms with Crippen LogP contribution in [0.1, 0.15) is 36.4 Å². The first-order chi connectivity index (χ1) is 14.5. The van der Waals surface area contributed by atoms with E-state index in [1.54, 1.807) is 13.2 Å². The largest absolute Gasteiger partial charge is 0.497 e. The van der Waals surface area contributed by atoms with Gasteiger partial charge in [0.25, 0.3) is 5.91 Å². The highest BCUT2D eigenvalue weighted by molar-refractivity contribution is 14.0. The van der Waals surface area contributed by atoms with Gasteiger partial charge in [-0.2, -0.15) is 0 Å². The Balaban J connectivity index is 0.00000480. The van der Waals surface area contributed by atoms with Crippen molar-refractivity contribution in [2.24, 2.45) is 4.99 Å². The Morgan fingerprint density at radius 2 is 1.90 bits per heavy atom. The minimum Gasteiger partial charge on any atom is -0.497 e. The van der Waals surface area contributed by atoms with Crippen LogP contribution in [0.15, 0.2) is 46.0 Å². The lowest BCUT2D eigenvalue weighted by molar-refractivity contribution is 0.0925. The highest BCUT2D eigenvalue weighted by Crippen LogP contribution is 2.19. The molecule has 1 amide bonds. The van der Waals surface area contributed by atoms with E-state index in [2.05, 4.69) is 20.9 Å². The number of hydrogen-bond acceptors (Lipinski definition) is 5. The number of carbonyl (C=O) groups excluding carboxylic acids is 1. The highest BCUT2D eigenvalue weighted by atomic mass is 127. The molecule has 2 aromatic rings. The van der Waals surface area contributed by atoms with Crippen LogP contribution in [0.25, 0.3) is 0 Å². The number of guanidine groups is 1. The van der Waals surface area contributed by atoms with Crippen molar-refractivity contribution in [3.8, 4) is 11.5 Å². The summed E-state index contributed by atoms with van der Waals surface area (Å²) in [5, 5.41) is 9.33. The quantitative estimate of drug-likeness (QED) is 0.174. The van der Waals surface area contributed by atoms with Gasteiger partial charge in [0, 0.05) is 31.3 Å². The van der Waals surface area contributed by atoms with Gasteiger partial charge in [-0.3, -0.25) is 4.79 Å². The van der Waals surface area contributed by atoms with Crippen molar-refractivity contribution in [3.05, 3.63) is 47.9 Å². The molecule has 0 aliphatic heterocycles. The van der Waals surface area contributed by atoms with Crippen molar-refractivity contribution in [1.29, 1.82) is 0 Å². The molecule has 8 nitrogen and oxygen atoms in total. The number of nitrogens with one attached hydrogen (secondary N) is 3. The van der Waals surface area contributed by atoms with E-state index in [0.29, 0.717) is 31.4 Å². The van der Waals surface area contributed by atoms with Crippen LogP contribution in [-0.4, -0.2) is 51.3 Å². The van der Waals surface area contributed by atoms with Gasteiger partial charge in [0.1, 0.15) is 17.6 Å². The van der Waals surface area contributed by atoms with Gasteiger partial charge in [0.15, 0.2) is 11.7 Å². The van der Waals surface area contributed by atoms with Gasteiger partial charge in [-0.25, -0.2) is 4.99 Å². The highest BCUT2D eigenvalue weighted by Gasteiger charge is 2.11. The Kier molecular flexibility index (Phi) is 12.5. The summed E-state index contributed by atoms with van der Waals surface area (Å²) in [6.07, 6.45) is 2.18. The lowest BCUT2D eigenvalue weighted by Crippen LogP contribution is -2.39. The van der Waals surface area contributed by atoms with Gasteiger partial charge in [-0.15, -0.1) is 24.0 Å². The lowest BCUT2D eigenvalue weighted by Gasteiger charge is -2.15. The molecule has 0 saturated heterocycles. The average Bonchev–Trinajstić information content (AvgIpc) is 3.17. The first-order valence-corrected chi connectivity index (χ1v) is 10.2. The molecule has 1 aromatic heterocycles. The predicted octanol–water partition coefficient (Wildman–Crippen LogP) is 3.36. The fourth-order valence-electron chi connectivity index (χ4n) is 2.69. The lowest BCUT2D eigenvalue weighted by atomic mass is 10.2. The number of aliphatic imine (C=N–C) groups is 1. The zero-order valence-electron chi connectivity index (χ0n) is 18.6. The van der Waals surface area contributed by atoms with Crippen LogP contribution in [0.2, 0.25) is 0 Å². The SMILES string of the molecule is CCNC(=NCC(C)Oc1cccc(OC)c1)NCCCNC(=O)c1occc1C.I. The Morgan fingerprint density at radius 3 is 2.58 bits per heavy atom. The summed E-state index contributed by atoms with van der Waals surface area (Å²) in [5.74, 6) is 2.39. The molecule has 0 aliphatic carbocycles. The maximum absolute atomic E-state index is 12.0. The van der Waals surface area contributed by atoms with Crippen molar-refractivity contribution in [2.45, 2.75) is 33.3 Å². The van der Waals surface area contributed by atoms with E-state index in [4.69, 9.17) is 13.9 Å². The molecule has 0 fully saturated rings. The molecule has 1 atom stereocenters. The summed E-state index contributed by atoms with van der Waals surface area (Å²) in [5.41, 5.74) is 0.831. The summed E-state index contributed by atoms with van der Waals surface area (Å²) >= 11 is 0. The number of nitrogens with zero attached hydrogens (tertiary/aromatic N) is 1. The number of hydrogen-bond donors (Lipinski definition) is 3. The monoisotopic (exact) mass is 544 g/mol.